The van der Waals surface area contributed by atoms with E-state index >= 15 is 0 Å². The number of nitrogens with zero attached hydrogens (tertiary/aromatic N) is 1. The van der Waals surface area contributed by atoms with Gasteiger partial charge in [0.25, 0.3) is 0 Å². The van der Waals surface area contributed by atoms with Crippen LogP contribution in [0, 0.1) is 5.92 Å². The second-order valence-corrected chi connectivity index (χ2v) is 6.43. The van der Waals surface area contributed by atoms with Gasteiger partial charge >= 0.3 is 12.0 Å². The number of halogens is 2. The average molecular weight is 406 g/mol. The predicted molar refractivity (Wildman–Crippen MR) is 82.8 cm³/mol. The quantitative estimate of drug-likeness (QED) is 0.807. The summed E-state index contributed by atoms with van der Waals surface area (Å²) in [5.74, 6) is -0.772. The Labute approximate surface area is 133 Å². The maximum Gasteiger partial charge on any atom is 0.321 e. The predicted octanol–water partition coefficient (Wildman–Crippen LogP) is 3.54. The minimum absolute atomic E-state index is 0.0425. The number of carbonyl (C=O) groups excluding carboxylic acids is 1. The summed E-state index contributed by atoms with van der Waals surface area (Å²) in [4.78, 5) is 24.5. The SMILES string of the molecule is O=C(O)CC1CCN(C(=O)Nc2c(Br)cccc2Br)C1. The summed E-state index contributed by atoms with van der Waals surface area (Å²) in [6.07, 6.45) is 0.847. The van der Waals surface area contributed by atoms with Gasteiger partial charge in [0.1, 0.15) is 0 Å². The molecule has 1 heterocycles. The van der Waals surface area contributed by atoms with Gasteiger partial charge in [-0.25, -0.2) is 4.79 Å². The first-order chi connectivity index (χ1) is 9.47. The lowest BCUT2D eigenvalue weighted by Gasteiger charge is -2.18. The van der Waals surface area contributed by atoms with Gasteiger partial charge in [-0.15, -0.1) is 0 Å². The van der Waals surface area contributed by atoms with Crippen LogP contribution in [0.25, 0.3) is 0 Å². The molecule has 1 fully saturated rings. The van der Waals surface area contributed by atoms with E-state index < -0.39 is 5.97 Å². The Morgan fingerprint density at radius 2 is 2.00 bits per heavy atom. The van der Waals surface area contributed by atoms with E-state index in [1.54, 1.807) is 4.90 Å². The molecule has 2 rings (SSSR count). The molecule has 108 valence electrons. The molecule has 2 N–H and O–H groups in total. The first kappa shape index (κ1) is 15.3. The molecule has 0 aliphatic carbocycles. The molecule has 2 amide bonds. The molecule has 5 nitrogen and oxygen atoms in total. The number of rotatable bonds is 3. The molecule has 1 unspecified atom stereocenters. The molecule has 7 heteroatoms. The van der Waals surface area contributed by atoms with Crippen LogP contribution >= 0.6 is 31.9 Å². The van der Waals surface area contributed by atoms with Gasteiger partial charge in [-0.2, -0.15) is 0 Å². The maximum absolute atomic E-state index is 12.2. The fourth-order valence-electron chi connectivity index (χ4n) is 2.23. The van der Waals surface area contributed by atoms with E-state index in [1.807, 2.05) is 18.2 Å². The molecule has 1 aliphatic rings. The molecule has 0 saturated carbocycles. The van der Waals surface area contributed by atoms with Crippen molar-refractivity contribution in [2.45, 2.75) is 12.8 Å². The lowest BCUT2D eigenvalue weighted by atomic mass is 10.1. The molecule has 0 radical (unpaired) electrons. The number of carboxylic acid groups (broad SMARTS) is 1. The van der Waals surface area contributed by atoms with Gasteiger partial charge in [-0.1, -0.05) is 6.07 Å². The van der Waals surface area contributed by atoms with E-state index in [2.05, 4.69) is 37.2 Å². The number of nitrogens with one attached hydrogen (secondary N) is 1. The third-order valence-corrected chi connectivity index (χ3v) is 4.55. The van der Waals surface area contributed by atoms with Crippen molar-refractivity contribution >= 4 is 49.5 Å². The Kier molecular flexibility index (Phi) is 5.04. The molecule has 1 aliphatic heterocycles. The fraction of sp³-hybridized carbons (Fsp3) is 0.385. The van der Waals surface area contributed by atoms with Crippen LogP contribution in [0.5, 0.6) is 0 Å². The summed E-state index contributed by atoms with van der Waals surface area (Å²) < 4.78 is 1.59. The van der Waals surface area contributed by atoms with Crippen LogP contribution in [0.3, 0.4) is 0 Å². The van der Waals surface area contributed by atoms with Gasteiger partial charge in [0.15, 0.2) is 0 Å². The van der Waals surface area contributed by atoms with Crippen LogP contribution in [-0.4, -0.2) is 35.1 Å². The Balaban J connectivity index is 1.98. The molecule has 0 spiro atoms. The number of hydrogen-bond acceptors (Lipinski definition) is 2. The van der Waals surface area contributed by atoms with Gasteiger partial charge in [-0.05, 0) is 56.3 Å². The average Bonchev–Trinajstić information content (AvgIpc) is 2.81. The number of para-hydroxylation sites is 1. The van der Waals surface area contributed by atoms with Crippen molar-refractivity contribution in [2.75, 3.05) is 18.4 Å². The van der Waals surface area contributed by atoms with E-state index in [-0.39, 0.29) is 18.4 Å². The standard InChI is InChI=1S/C13H14Br2N2O3/c14-9-2-1-3-10(15)12(9)16-13(20)17-5-4-8(7-17)6-11(18)19/h1-3,8H,4-7H2,(H,16,20)(H,18,19). The third kappa shape index (κ3) is 3.73. The summed E-state index contributed by atoms with van der Waals surface area (Å²) in [6.45, 7) is 1.08. The van der Waals surface area contributed by atoms with Crippen molar-refractivity contribution in [3.05, 3.63) is 27.1 Å². The molecule has 1 atom stereocenters. The highest BCUT2D eigenvalue weighted by molar-refractivity contribution is 9.11. The van der Waals surface area contributed by atoms with E-state index in [1.165, 1.54) is 0 Å². The second kappa shape index (κ2) is 6.58. The number of carbonyl (C=O) groups is 2. The highest BCUT2D eigenvalue weighted by Crippen LogP contribution is 2.31. The van der Waals surface area contributed by atoms with Gasteiger partial charge in [0.05, 0.1) is 5.69 Å². The van der Waals surface area contributed by atoms with Crippen molar-refractivity contribution in [1.82, 2.24) is 4.90 Å². The lowest BCUT2D eigenvalue weighted by Crippen LogP contribution is -2.33. The van der Waals surface area contributed by atoms with Crippen LogP contribution in [0.4, 0.5) is 10.5 Å². The number of anilines is 1. The van der Waals surface area contributed by atoms with Crippen LogP contribution in [-0.2, 0) is 4.79 Å². The summed E-state index contributed by atoms with van der Waals surface area (Å²) in [7, 11) is 0. The van der Waals surface area contributed by atoms with E-state index in [0.29, 0.717) is 18.8 Å². The number of hydrogen-bond donors (Lipinski definition) is 2. The minimum Gasteiger partial charge on any atom is -0.481 e. The summed E-state index contributed by atoms with van der Waals surface area (Å²) in [5, 5.41) is 11.6. The van der Waals surface area contributed by atoms with Crippen LogP contribution in [0.2, 0.25) is 0 Å². The Morgan fingerprint density at radius 3 is 2.60 bits per heavy atom. The third-order valence-electron chi connectivity index (χ3n) is 3.23. The van der Waals surface area contributed by atoms with Crippen LogP contribution in [0.15, 0.2) is 27.1 Å². The topological polar surface area (TPSA) is 69.6 Å². The number of likely N-dealkylation sites (tertiary alicyclic amines) is 1. The first-order valence-corrected chi connectivity index (χ1v) is 7.77. The van der Waals surface area contributed by atoms with Gasteiger partial charge in [0, 0.05) is 28.5 Å². The largest absolute Gasteiger partial charge is 0.481 e. The van der Waals surface area contributed by atoms with Gasteiger partial charge in [-0.3, -0.25) is 4.79 Å². The molecule has 1 aromatic carbocycles. The van der Waals surface area contributed by atoms with Gasteiger partial charge in [0.2, 0.25) is 0 Å². The van der Waals surface area contributed by atoms with Crippen molar-refractivity contribution < 1.29 is 14.7 Å². The maximum atomic E-state index is 12.2. The van der Waals surface area contributed by atoms with E-state index in [4.69, 9.17) is 5.11 Å². The number of carboxylic acids is 1. The number of benzene rings is 1. The Bertz CT molecular complexity index is 516. The summed E-state index contributed by atoms with van der Waals surface area (Å²) >= 11 is 6.78. The molecule has 0 bridgehead atoms. The van der Waals surface area contributed by atoms with Crippen LogP contribution < -0.4 is 5.32 Å². The molecular weight excluding hydrogens is 392 g/mol. The fourth-order valence-corrected chi connectivity index (χ4v) is 3.43. The molecule has 1 saturated heterocycles. The Morgan fingerprint density at radius 1 is 1.35 bits per heavy atom. The van der Waals surface area contributed by atoms with Crippen molar-refractivity contribution in [2.24, 2.45) is 5.92 Å². The zero-order valence-corrected chi connectivity index (χ0v) is 13.8. The van der Waals surface area contributed by atoms with Crippen molar-refractivity contribution in [1.29, 1.82) is 0 Å². The number of urea groups is 1. The normalized spacial score (nSPS) is 18.1. The highest BCUT2D eigenvalue weighted by Gasteiger charge is 2.28. The van der Waals surface area contributed by atoms with Crippen molar-refractivity contribution in [3.8, 4) is 0 Å². The smallest absolute Gasteiger partial charge is 0.321 e. The zero-order valence-electron chi connectivity index (χ0n) is 10.6. The molecule has 1 aromatic rings. The number of aliphatic carboxylic acids is 1. The van der Waals surface area contributed by atoms with Gasteiger partial charge < -0.3 is 15.3 Å². The van der Waals surface area contributed by atoms with E-state index in [0.717, 1.165) is 15.4 Å². The summed E-state index contributed by atoms with van der Waals surface area (Å²) in [5.41, 5.74) is 0.680. The first-order valence-electron chi connectivity index (χ1n) is 6.19. The zero-order chi connectivity index (χ0) is 14.7. The van der Waals surface area contributed by atoms with Crippen molar-refractivity contribution in [3.63, 3.8) is 0 Å². The van der Waals surface area contributed by atoms with E-state index in [9.17, 15) is 9.59 Å². The Hall–Kier alpha value is -1.08. The van der Waals surface area contributed by atoms with Crippen LogP contribution in [0.1, 0.15) is 12.8 Å². The number of amides is 2. The summed E-state index contributed by atoms with van der Waals surface area (Å²) in [6, 6.07) is 5.35. The second-order valence-electron chi connectivity index (χ2n) is 4.73. The molecule has 0 aromatic heterocycles. The lowest BCUT2D eigenvalue weighted by molar-refractivity contribution is -0.138. The molecule has 20 heavy (non-hydrogen) atoms. The minimum atomic E-state index is -0.814. The highest BCUT2D eigenvalue weighted by atomic mass is 79.9. The monoisotopic (exact) mass is 404 g/mol. The molecular formula is C13H14Br2N2O3.